The molecule has 42 heavy (non-hydrogen) atoms. The van der Waals surface area contributed by atoms with Gasteiger partial charge in [-0.1, -0.05) is 43.5 Å². The molecule has 0 fully saturated rings. The van der Waals surface area contributed by atoms with Gasteiger partial charge in [0.15, 0.2) is 5.75 Å². The molecule has 4 N–H and O–H groups in total. The van der Waals surface area contributed by atoms with Gasteiger partial charge < -0.3 is 30.5 Å². The summed E-state index contributed by atoms with van der Waals surface area (Å²) in [5, 5.41) is 29.0. The molecule has 0 spiro atoms. The summed E-state index contributed by atoms with van der Waals surface area (Å²) in [5.41, 5.74) is 1.42. The van der Waals surface area contributed by atoms with Gasteiger partial charge in [-0.3, -0.25) is 14.4 Å². The van der Waals surface area contributed by atoms with Crippen molar-refractivity contribution in [2.75, 3.05) is 30.2 Å². The Kier molecular flexibility index (Phi) is 8.93. The summed E-state index contributed by atoms with van der Waals surface area (Å²) in [6.45, 7) is 6.86. The van der Waals surface area contributed by atoms with Crippen LogP contribution < -0.4 is 25.4 Å². The van der Waals surface area contributed by atoms with Gasteiger partial charge in [-0.15, -0.1) is 10.2 Å². The number of hydrogen-bond acceptors (Lipinski definition) is 8. The molecule has 3 amide bonds. The molecule has 0 aliphatic heterocycles. The summed E-state index contributed by atoms with van der Waals surface area (Å²) in [4.78, 5) is 36.8. The van der Waals surface area contributed by atoms with Gasteiger partial charge in [-0.25, -0.2) is 0 Å². The molecule has 0 aromatic heterocycles. The van der Waals surface area contributed by atoms with Gasteiger partial charge in [0.2, 0.25) is 11.8 Å². The Morgan fingerprint density at radius 3 is 2.14 bits per heavy atom. The fraction of sp³-hybridized carbons (Fsp3) is 0.0645. The number of rotatable bonds is 10. The molecular weight excluding hydrogens is 538 g/mol. The van der Waals surface area contributed by atoms with Crippen LogP contribution >= 0.6 is 0 Å². The first-order valence-corrected chi connectivity index (χ1v) is 12.5. The van der Waals surface area contributed by atoms with E-state index < -0.39 is 23.5 Å². The number of carbonyl (C=O) groups excluding carboxylic acids is 3. The zero-order valence-electron chi connectivity index (χ0n) is 22.8. The van der Waals surface area contributed by atoms with Crippen LogP contribution in [0.5, 0.6) is 17.2 Å². The maximum atomic E-state index is 13.3. The molecule has 0 radical (unpaired) electrons. The number of nitrogens with zero attached hydrogens (tertiary/aromatic N) is 2. The lowest BCUT2D eigenvalue weighted by Gasteiger charge is -2.13. The van der Waals surface area contributed by atoms with Crippen molar-refractivity contribution in [2.24, 2.45) is 10.2 Å². The van der Waals surface area contributed by atoms with E-state index in [0.29, 0.717) is 27.8 Å². The first-order valence-electron chi connectivity index (χ1n) is 12.5. The monoisotopic (exact) mass is 565 g/mol. The quantitative estimate of drug-likeness (QED) is 0.128. The number of benzene rings is 4. The molecule has 4 aromatic carbocycles. The Morgan fingerprint density at radius 1 is 0.786 bits per heavy atom. The number of phenols is 1. The molecule has 0 saturated carbocycles. The van der Waals surface area contributed by atoms with Crippen LogP contribution in [0, 0.1) is 0 Å². The maximum Gasteiger partial charge on any atom is 0.259 e. The van der Waals surface area contributed by atoms with Gasteiger partial charge in [0.05, 0.1) is 25.5 Å². The minimum Gasteiger partial charge on any atom is -0.505 e. The van der Waals surface area contributed by atoms with Crippen LogP contribution in [0.25, 0.3) is 10.8 Å². The molecule has 0 unspecified atom stereocenters. The molecule has 4 rings (SSSR count). The van der Waals surface area contributed by atoms with Gasteiger partial charge in [0, 0.05) is 28.9 Å². The van der Waals surface area contributed by atoms with E-state index in [4.69, 9.17) is 9.47 Å². The van der Waals surface area contributed by atoms with Crippen LogP contribution in [0.4, 0.5) is 28.4 Å². The molecule has 0 aliphatic carbocycles. The number of anilines is 3. The summed E-state index contributed by atoms with van der Waals surface area (Å²) in [7, 11) is 2.85. The van der Waals surface area contributed by atoms with Gasteiger partial charge in [-0.05, 0) is 41.8 Å². The standard InChI is InChI=1S/C31H27N5O6/c1-5-27(37)32-19-11-9-12-20(15-19)33-31(40)22-14-18-10-7-8-13-21(18)29(30(22)39)36-35-24-17-25(41-3)23(16-26(24)42-4)34-28(38)6-2/h5-17,39H,1-2H2,3-4H3,(H,32,37)(H,33,40)(H,34,38)/b36-35+. The van der Waals surface area contributed by atoms with Crippen molar-refractivity contribution < 1.29 is 29.0 Å². The number of hydrogen-bond donors (Lipinski definition) is 4. The molecule has 11 heteroatoms. The number of nitrogens with one attached hydrogen (secondary N) is 3. The minimum atomic E-state index is -0.608. The third-order valence-electron chi connectivity index (χ3n) is 6.02. The average Bonchev–Trinajstić information content (AvgIpc) is 3.00. The van der Waals surface area contributed by atoms with E-state index in [1.165, 1.54) is 26.4 Å². The number of ether oxygens (including phenoxy) is 2. The molecule has 0 heterocycles. The van der Waals surface area contributed by atoms with Crippen LogP contribution in [0.2, 0.25) is 0 Å². The zero-order valence-corrected chi connectivity index (χ0v) is 22.8. The highest BCUT2D eigenvalue weighted by Gasteiger charge is 2.19. The first-order chi connectivity index (χ1) is 20.3. The fourth-order valence-electron chi connectivity index (χ4n) is 4.00. The van der Waals surface area contributed by atoms with Crippen molar-refractivity contribution in [3.63, 3.8) is 0 Å². The lowest BCUT2D eigenvalue weighted by Crippen LogP contribution is -2.13. The average molecular weight is 566 g/mol. The van der Waals surface area contributed by atoms with Crippen molar-refractivity contribution in [3.8, 4) is 17.2 Å². The van der Waals surface area contributed by atoms with Crippen molar-refractivity contribution in [1.29, 1.82) is 0 Å². The predicted octanol–water partition coefficient (Wildman–Crippen LogP) is 6.48. The number of phenolic OH excluding ortho intramolecular Hbond substituents is 1. The van der Waals surface area contributed by atoms with Crippen LogP contribution in [-0.4, -0.2) is 37.0 Å². The molecule has 0 aliphatic rings. The third-order valence-corrected chi connectivity index (χ3v) is 6.02. The van der Waals surface area contributed by atoms with E-state index in [1.54, 1.807) is 54.6 Å². The second kappa shape index (κ2) is 12.9. The number of fused-ring (bicyclic) bond motifs is 1. The second-order valence-corrected chi connectivity index (χ2v) is 8.69. The summed E-state index contributed by atoms with van der Waals surface area (Å²) in [6.07, 6.45) is 2.25. The maximum absolute atomic E-state index is 13.3. The van der Waals surface area contributed by atoms with Gasteiger partial charge in [-0.2, -0.15) is 0 Å². The third kappa shape index (κ3) is 6.42. The molecule has 11 nitrogen and oxygen atoms in total. The van der Waals surface area contributed by atoms with Gasteiger partial charge in [0.1, 0.15) is 22.9 Å². The highest BCUT2D eigenvalue weighted by atomic mass is 16.5. The summed E-state index contributed by atoms with van der Waals surface area (Å²) in [5.74, 6) is -1.29. The van der Waals surface area contributed by atoms with Crippen LogP contribution in [-0.2, 0) is 9.59 Å². The van der Waals surface area contributed by atoms with E-state index in [2.05, 4.69) is 39.3 Å². The Hall–Kier alpha value is -5.97. The lowest BCUT2D eigenvalue weighted by atomic mass is 10.0. The largest absolute Gasteiger partial charge is 0.505 e. The van der Waals surface area contributed by atoms with Gasteiger partial charge >= 0.3 is 0 Å². The van der Waals surface area contributed by atoms with Crippen molar-refractivity contribution in [2.45, 2.75) is 0 Å². The Bertz CT molecular complexity index is 1750. The first kappa shape index (κ1) is 29.0. The number of aromatic hydroxyl groups is 1. The van der Waals surface area contributed by atoms with E-state index in [9.17, 15) is 19.5 Å². The SMILES string of the molecule is C=CC(=O)Nc1cccc(NC(=O)c2cc3ccccc3c(/N=N/c3cc(OC)c(NC(=O)C=C)cc3OC)c2O)c1. The number of methoxy groups -OCH3 is 2. The normalized spacial score (nSPS) is 10.6. The van der Waals surface area contributed by atoms with E-state index in [1.807, 2.05) is 0 Å². The number of azo groups is 1. The van der Waals surface area contributed by atoms with Crippen molar-refractivity contribution in [3.05, 3.63) is 97.6 Å². The smallest absolute Gasteiger partial charge is 0.259 e. The molecular formula is C31H27N5O6. The van der Waals surface area contributed by atoms with Crippen LogP contribution in [0.3, 0.4) is 0 Å². The number of carbonyl (C=O) groups is 3. The minimum absolute atomic E-state index is 0.0461. The Morgan fingerprint density at radius 2 is 1.45 bits per heavy atom. The van der Waals surface area contributed by atoms with Crippen molar-refractivity contribution in [1.82, 2.24) is 0 Å². The van der Waals surface area contributed by atoms with Gasteiger partial charge in [0.25, 0.3) is 5.91 Å². The number of amides is 3. The molecule has 4 aromatic rings. The van der Waals surface area contributed by atoms with Crippen LogP contribution in [0.15, 0.2) is 102 Å². The molecule has 0 atom stereocenters. The molecule has 0 saturated heterocycles. The van der Waals surface area contributed by atoms with Crippen LogP contribution in [0.1, 0.15) is 10.4 Å². The highest BCUT2D eigenvalue weighted by Crippen LogP contribution is 2.42. The van der Waals surface area contributed by atoms with E-state index >= 15 is 0 Å². The molecule has 212 valence electrons. The fourth-order valence-corrected chi connectivity index (χ4v) is 4.00. The predicted molar refractivity (Wildman–Crippen MR) is 161 cm³/mol. The second-order valence-electron chi connectivity index (χ2n) is 8.69. The summed E-state index contributed by atoms with van der Waals surface area (Å²) < 4.78 is 10.8. The Balaban J connectivity index is 1.73. The summed E-state index contributed by atoms with van der Waals surface area (Å²) >= 11 is 0. The van der Waals surface area contributed by atoms with E-state index in [0.717, 1.165) is 12.2 Å². The Labute approximate surface area is 241 Å². The molecule has 0 bridgehead atoms. The highest BCUT2D eigenvalue weighted by molar-refractivity contribution is 6.12. The van der Waals surface area contributed by atoms with E-state index in [-0.39, 0.29) is 28.4 Å². The lowest BCUT2D eigenvalue weighted by molar-refractivity contribution is -0.112. The zero-order chi connectivity index (χ0) is 30.2. The topological polar surface area (TPSA) is 151 Å². The summed E-state index contributed by atoms with van der Waals surface area (Å²) in [6, 6.07) is 18.2. The van der Waals surface area contributed by atoms with Crippen molar-refractivity contribution >= 4 is 56.9 Å².